The van der Waals surface area contributed by atoms with E-state index in [2.05, 4.69) is 109 Å². The Labute approximate surface area is 434 Å². The van der Waals surface area contributed by atoms with Gasteiger partial charge in [0.25, 0.3) is 0 Å². The Morgan fingerprint density at radius 3 is 1.78 bits per heavy atom. The van der Waals surface area contributed by atoms with Crippen LogP contribution in [0.5, 0.6) is 0 Å². The third-order valence-corrected chi connectivity index (χ3v) is 25.4. The highest BCUT2D eigenvalue weighted by molar-refractivity contribution is 6.90. The Balaban J connectivity index is 0.911. The van der Waals surface area contributed by atoms with E-state index in [-0.39, 0.29) is 17.7 Å². The minimum Gasteiger partial charge on any atom is -0.375 e. The number of aryl methyl sites for hydroxylation is 1. The van der Waals surface area contributed by atoms with Crippen molar-refractivity contribution in [3.8, 4) is 16.8 Å². The summed E-state index contributed by atoms with van der Waals surface area (Å²) in [6.45, 7) is 7.63. The van der Waals surface area contributed by atoms with Crippen LogP contribution in [0.3, 0.4) is 0 Å². The molecule has 0 amide bonds. The Morgan fingerprint density at radius 1 is 0.534 bits per heavy atom. The van der Waals surface area contributed by atoms with E-state index in [4.69, 9.17) is 0 Å². The minimum atomic E-state index is 0.129. The quantitative estimate of drug-likeness (QED) is 0.120. The molecule has 7 aromatic rings. The molecular formula is C70H75BN2. The minimum absolute atomic E-state index is 0.129. The monoisotopic (exact) mass is 955 g/mol. The number of rotatable bonds is 5. The molecule has 4 atom stereocenters. The van der Waals surface area contributed by atoms with Crippen molar-refractivity contribution >= 4 is 61.4 Å². The first kappa shape index (κ1) is 41.7. The zero-order valence-corrected chi connectivity index (χ0v) is 44.2. The molecule has 2 aromatic heterocycles. The summed E-state index contributed by atoms with van der Waals surface area (Å²) in [7, 11) is 0. The van der Waals surface area contributed by atoms with Crippen LogP contribution < -0.4 is 10.9 Å². The molecule has 11 fully saturated rings. The second kappa shape index (κ2) is 13.7. The maximum atomic E-state index is 2.98. The molecule has 0 N–H and O–H groups in total. The van der Waals surface area contributed by atoms with Crippen molar-refractivity contribution in [2.45, 2.75) is 184 Å². The highest BCUT2D eigenvalue weighted by atomic mass is 15.0. The maximum Gasteiger partial charge on any atom is 0.333 e. The van der Waals surface area contributed by atoms with Gasteiger partial charge in [0.2, 0.25) is 0 Å². The van der Waals surface area contributed by atoms with Crippen LogP contribution in [0, 0.1) is 60.2 Å². The van der Waals surface area contributed by atoms with Gasteiger partial charge in [-0.25, -0.2) is 0 Å². The van der Waals surface area contributed by atoms with Gasteiger partial charge in [0.05, 0.1) is 11.0 Å². The Kier molecular flexibility index (Phi) is 7.84. The summed E-state index contributed by atoms with van der Waals surface area (Å²) in [6.07, 6.45) is 33.6. The molecule has 0 radical (unpaired) electrons. The van der Waals surface area contributed by atoms with Crippen LogP contribution in [0.25, 0.3) is 60.4 Å². The van der Waals surface area contributed by atoms with Gasteiger partial charge in [0.15, 0.2) is 0 Å². The Hall–Kier alpha value is -4.50. The molecule has 12 bridgehead atoms. The second-order valence-corrected chi connectivity index (χ2v) is 29.7. The zero-order chi connectivity index (χ0) is 47.6. The average molecular weight is 955 g/mol. The van der Waals surface area contributed by atoms with Crippen molar-refractivity contribution in [2.75, 3.05) is 0 Å². The number of aromatic nitrogens is 2. The molecule has 73 heavy (non-hydrogen) atoms. The zero-order valence-electron chi connectivity index (χ0n) is 44.2. The number of fused-ring (bicyclic) bond motifs is 14. The van der Waals surface area contributed by atoms with Gasteiger partial charge >= 0.3 is 6.85 Å². The van der Waals surface area contributed by atoms with Crippen molar-refractivity contribution in [1.82, 2.24) is 9.05 Å². The number of nitrogens with zero attached hydrogens (tertiary/aromatic N) is 2. The number of benzene rings is 5. The molecule has 368 valence electrons. The molecule has 21 rings (SSSR count). The standard InChI is InChI=1S/C70H75BN2/c1-4-67(30-41-5-6-42(16-41)31-67)52-25-57-55-23-50(68-12-11-43(32-68)13-40(3)29-68)8-10-62(55)73-65(57)59(26-52)56-14-39(2)15-63-64(56)71(73)60-28-53(70-36-47-20-48(37-70)22-49(21-47)38-70)27-58-54-24-51(7-9-61(54)72(63)66(58)60)69-33-44-17-45(34-69)19-46(18-44)35-69/h7-11,14-15,23-28,40-42,44-49H,4-6,12-13,16-22,29-38H2,1-3H3. The van der Waals surface area contributed by atoms with Crippen LogP contribution in [-0.2, 0) is 21.7 Å². The molecule has 3 heteroatoms. The van der Waals surface area contributed by atoms with E-state index >= 15 is 0 Å². The summed E-state index contributed by atoms with van der Waals surface area (Å²) >= 11 is 0. The second-order valence-electron chi connectivity index (χ2n) is 29.7. The molecule has 4 heterocycles. The third kappa shape index (κ3) is 5.31. The van der Waals surface area contributed by atoms with E-state index in [0.29, 0.717) is 10.8 Å². The smallest absolute Gasteiger partial charge is 0.333 e. The van der Waals surface area contributed by atoms with Crippen LogP contribution in [0.4, 0.5) is 0 Å². The Morgan fingerprint density at radius 2 is 1.11 bits per heavy atom. The largest absolute Gasteiger partial charge is 0.375 e. The van der Waals surface area contributed by atoms with Crippen molar-refractivity contribution in [3.05, 3.63) is 112 Å². The summed E-state index contributed by atoms with van der Waals surface area (Å²) in [6, 6.07) is 32.9. The first-order chi connectivity index (χ1) is 35.6. The fourth-order valence-corrected chi connectivity index (χ4v) is 23.6. The van der Waals surface area contributed by atoms with E-state index in [1.165, 1.54) is 191 Å². The fourth-order valence-electron chi connectivity index (χ4n) is 23.6. The summed E-state index contributed by atoms with van der Waals surface area (Å²) in [5.41, 5.74) is 24.7. The molecule has 5 aromatic carbocycles. The molecule has 0 spiro atoms. The molecule has 2 aliphatic heterocycles. The highest BCUT2D eigenvalue weighted by Gasteiger charge is 2.55. The van der Waals surface area contributed by atoms with Gasteiger partial charge in [-0.1, -0.05) is 62.6 Å². The molecule has 12 aliphatic carbocycles. The summed E-state index contributed by atoms with van der Waals surface area (Å²) in [5, 5.41) is 6.21. The van der Waals surface area contributed by atoms with Crippen LogP contribution in [0.15, 0.2) is 84.4 Å². The topological polar surface area (TPSA) is 9.86 Å². The van der Waals surface area contributed by atoms with Crippen LogP contribution in [0.1, 0.15) is 183 Å². The van der Waals surface area contributed by atoms with Crippen molar-refractivity contribution in [1.29, 1.82) is 0 Å². The molecule has 14 aliphatic rings. The van der Waals surface area contributed by atoms with Gasteiger partial charge < -0.3 is 9.05 Å². The first-order valence-corrected chi connectivity index (χ1v) is 30.7. The lowest BCUT2D eigenvalue weighted by atomic mass is 9.44. The average Bonchev–Trinajstić information content (AvgIpc) is 4.19. The predicted octanol–water partition coefficient (Wildman–Crippen LogP) is 16.3. The molecule has 0 saturated heterocycles. The number of hydrogen-bond donors (Lipinski definition) is 0. The van der Waals surface area contributed by atoms with Gasteiger partial charge in [-0.15, -0.1) is 0 Å². The van der Waals surface area contributed by atoms with Gasteiger partial charge in [-0.2, -0.15) is 0 Å². The predicted molar refractivity (Wildman–Crippen MR) is 304 cm³/mol. The van der Waals surface area contributed by atoms with Gasteiger partial charge in [0.1, 0.15) is 0 Å². The molecule has 2 nitrogen and oxygen atoms in total. The van der Waals surface area contributed by atoms with Crippen molar-refractivity contribution in [2.24, 2.45) is 53.3 Å². The van der Waals surface area contributed by atoms with Crippen molar-refractivity contribution < 1.29 is 0 Å². The lowest BCUT2D eigenvalue weighted by Gasteiger charge is -2.57. The Bertz CT molecular complexity index is 3620. The normalized spacial score (nSPS) is 38.5. The highest BCUT2D eigenvalue weighted by Crippen LogP contribution is 2.64. The lowest BCUT2D eigenvalue weighted by Crippen LogP contribution is -2.56. The van der Waals surface area contributed by atoms with E-state index in [9.17, 15) is 0 Å². The maximum absolute atomic E-state index is 2.98. The van der Waals surface area contributed by atoms with E-state index < -0.39 is 0 Å². The summed E-state index contributed by atoms with van der Waals surface area (Å²) in [4.78, 5) is 0. The number of allylic oxidation sites excluding steroid dienone is 2. The molecule has 11 saturated carbocycles. The summed E-state index contributed by atoms with van der Waals surface area (Å²) < 4.78 is 5.84. The van der Waals surface area contributed by atoms with E-state index in [1.807, 2.05) is 0 Å². The van der Waals surface area contributed by atoms with Gasteiger partial charge in [-0.05, 0) is 298 Å². The van der Waals surface area contributed by atoms with E-state index in [0.717, 1.165) is 53.3 Å². The van der Waals surface area contributed by atoms with Crippen LogP contribution in [0.2, 0.25) is 0 Å². The SMILES string of the molecule is CCC1(c2cc3c4c(c2)c2cc(C56CC=C(CC(C)C5)C6)ccc2n4B2c4c-3cc(C)cc4-n3c4ccc(C56CC7CC(CC(C7)C5)C6)cc4c4cc(C56CC7CC(CC(C7)C5)C6)cc2c43)CC2CCC(C2)C1. The fraction of sp³-hybridized carbons (Fsp3) is 0.543. The summed E-state index contributed by atoms with van der Waals surface area (Å²) in [5.74, 6) is 8.11. The lowest BCUT2D eigenvalue weighted by molar-refractivity contribution is -0.00526. The van der Waals surface area contributed by atoms with E-state index in [1.54, 1.807) is 54.9 Å². The van der Waals surface area contributed by atoms with Crippen LogP contribution in [-0.4, -0.2) is 15.9 Å². The third-order valence-electron chi connectivity index (χ3n) is 25.4. The van der Waals surface area contributed by atoms with Crippen LogP contribution >= 0.6 is 0 Å². The van der Waals surface area contributed by atoms with Crippen molar-refractivity contribution in [3.63, 3.8) is 0 Å². The molecular weight excluding hydrogens is 880 g/mol. The molecule has 4 unspecified atom stereocenters. The first-order valence-electron chi connectivity index (χ1n) is 30.7. The van der Waals surface area contributed by atoms with Gasteiger partial charge in [0, 0.05) is 49.2 Å². The number of hydrogen-bond acceptors (Lipinski definition) is 0. The van der Waals surface area contributed by atoms with Gasteiger partial charge in [-0.3, -0.25) is 0 Å².